The maximum atomic E-state index is 6.13. The third-order valence-corrected chi connectivity index (χ3v) is 2.74. The van der Waals surface area contributed by atoms with Crippen LogP contribution in [0.3, 0.4) is 0 Å². The van der Waals surface area contributed by atoms with Crippen molar-refractivity contribution < 1.29 is 4.74 Å². The molecule has 0 saturated heterocycles. The number of ether oxygens (including phenoxy) is 1. The highest BCUT2D eigenvalue weighted by Gasteiger charge is 2.08. The highest BCUT2D eigenvalue weighted by molar-refractivity contribution is 6.32. The Labute approximate surface area is 103 Å². The molecule has 0 aliphatic heterocycles. The second-order valence-corrected chi connectivity index (χ2v) is 4.34. The lowest BCUT2D eigenvalue weighted by molar-refractivity contribution is 0.317. The molecule has 3 heteroatoms. The number of halogens is 1. The van der Waals surface area contributed by atoms with E-state index in [2.05, 4.69) is 13.8 Å². The number of benzene rings is 1. The van der Waals surface area contributed by atoms with Crippen LogP contribution >= 0.6 is 11.6 Å². The molecule has 0 aromatic heterocycles. The Morgan fingerprint density at radius 3 is 2.62 bits per heavy atom. The van der Waals surface area contributed by atoms with Gasteiger partial charge < -0.3 is 10.5 Å². The molecule has 2 nitrogen and oxygen atoms in total. The number of rotatable bonds is 6. The Morgan fingerprint density at radius 1 is 1.31 bits per heavy atom. The second kappa shape index (κ2) is 6.77. The first kappa shape index (κ1) is 13.3. The van der Waals surface area contributed by atoms with E-state index in [1.807, 2.05) is 18.2 Å². The molecule has 0 unspecified atom stereocenters. The van der Waals surface area contributed by atoms with Crippen LogP contribution < -0.4 is 10.5 Å². The molecule has 0 bridgehead atoms. The summed E-state index contributed by atoms with van der Waals surface area (Å²) in [5.41, 5.74) is 7.10. The van der Waals surface area contributed by atoms with Gasteiger partial charge in [0.15, 0.2) is 0 Å². The standard InChI is InChI=1S/C13H20ClNO/c1-3-5-12(15)10-6-7-13(11(14)9-10)16-8-4-2/h6-7,9,12H,3-5,8,15H2,1-2H3/t12-/m1/s1. The van der Waals surface area contributed by atoms with E-state index in [0.29, 0.717) is 11.6 Å². The molecule has 0 radical (unpaired) electrons. The van der Waals surface area contributed by atoms with Crippen LogP contribution in [-0.4, -0.2) is 6.61 Å². The number of nitrogens with two attached hydrogens (primary N) is 1. The monoisotopic (exact) mass is 241 g/mol. The van der Waals surface area contributed by atoms with Crippen molar-refractivity contribution in [2.45, 2.75) is 39.2 Å². The van der Waals surface area contributed by atoms with Crippen molar-refractivity contribution >= 4 is 11.6 Å². The minimum absolute atomic E-state index is 0.0720. The third-order valence-electron chi connectivity index (χ3n) is 2.45. The van der Waals surface area contributed by atoms with E-state index >= 15 is 0 Å². The van der Waals surface area contributed by atoms with Crippen LogP contribution in [-0.2, 0) is 0 Å². The van der Waals surface area contributed by atoms with Crippen LogP contribution in [0.15, 0.2) is 18.2 Å². The summed E-state index contributed by atoms with van der Waals surface area (Å²) in [5.74, 6) is 0.746. The Hall–Kier alpha value is -0.730. The summed E-state index contributed by atoms with van der Waals surface area (Å²) < 4.78 is 5.51. The maximum Gasteiger partial charge on any atom is 0.137 e. The summed E-state index contributed by atoms with van der Waals surface area (Å²) in [6.45, 7) is 4.89. The fourth-order valence-electron chi connectivity index (χ4n) is 1.55. The van der Waals surface area contributed by atoms with E-state index in [1.54, 1.807) is 0 Å². The zero-order valence-corrected chi connectivity index (χ0v) is 10.8. The van der Waals surface area contributed by atoms with Crippen LogP contribution in [0, 0.1) is 0 Å². The SMILES string of the molecule is CCCOc1ccc([C@H](N)CCC)cc1Cl. The zero-order chi connectivity index (χ0) is 12.0. The predicted molar refractivity (Wildman–Crippen MR) is 69.1 cm³/mol. The fraction of sp³-hybridized carbons (Fsp3) is 0.538. The molecular formula is C13H20ClNO. The molecule has 0 aliphatic carbocycles. The van der Waals surface area contributed by atoms with Crippen LogP contribution in [0.1, 0.15) is 44.7 Å². The Kier molecular flexibility index (Phi) is 5.64. The van der Waals surface area contributed by atoms with Gasteiger partial charge in [-0.1, -0.05) is 37.9 Å². The van der Waals surface area contributed by atoms with Crippen molar-refractivity contribution in [3.05, 3.63) is 28.8 Å². The molecule has 2 N–H and O–H groups in total. The van der Waals surface area contributed by atoms with Gasteiger partial charge in [-0.3, -0.25) is 0 Å². The Balaban J connectivity index is 2.73. The summed E-state index contributed by atoms with van der Waals surface area (Å²) in [4.78, 5) is 0. The van der Waals surface area contributed by atoms with Gasteiger partial charge >= 0.3 is 0 Å². The average molecular weight is 242 g/mol. The van der Waals surface area contributed by atoms with Gasteiger partial charge in [0.25, 0.3) is 0 Å². The molecule has 0 amide bonds. The first-order valence-electron chi connectivity index (χ1n) is 5.86. The van der Waals surface area contributed by atoms with Gasteiger partial charge in [0.05, 0.1) is 11.6 Å². The van der Waals surface area contributed by atoms with Crippen LogP contribution in [0.4, 0.5) is 0 Å². The van der Waals surface area contributed by atoms with Gasteiger partial charge in [-0.05, 0) is 30.5 Å². The van der Waals surface area contributed by atoms with Gasteiger partial charge in [0, 0.05) is 6.04 Å². The van der Waals surface area contributed by atoms with E-state index in [0.717, 1.165) is 30.6 Å². The van der Waals surface area contributed by atoms with Crippen molar-refractivity contribution in [1.29, 1.82) is 0 Å². The summed E-state index contributed by atoms with van der Waals surface area (Å²) in [6.07, 6.45) is 3.03. The molecule has 0 fully saturated rings. The molecule has 1 aromatic carbocycles. The molecule has 90 valence electrons. The summed E-state index contributed by atoms with van der Waals surface area (Å²) >= 11 is 6.13. The molecule has 0 aliphatic rings. The summed E-state index contributed by atoms with van der Waals surface area (Å²) in [7, 11) is 0. The van der Waals surface area contributed by atoms with Crippen molar-refractivity contribution in [3.8, 4) is 5.75 Å². The zero-order valence-electron chi connectivity index (χ0n) is 10.0. The normalized spacial score (nSPS) is 12.5. The first-order valence-corrected chi connectivity index (χ1v) is 6.24. The number of hydrogen-bond donors (Lipinski definition) is 1. The highest BCUT2D eigenvalue weighted by Crippen LogP contribution is 2.28. The van der Waals surface area contributed by atoms with E-state index < -0.39 is 0 Å². The molecule has 16 heavy (non-hydrogen) atoms. The Morgan fingerprint density at radius 2 is 2.06 bits per heavy atom. The molecule has 1 aromatic rings. The molecule has 0 spiro atoms. The largest absolute Gasteiger partial charge is 0.492 e. The van der Waals surface area contributed by atoms with E-state index in [9.17, 15) is 0 Å². The van der Waals surface area contributed by atoms with Gasteiger partial charge in [-0.15, -0.1) is 0 Å². The van der Waals surface area contributed by atoms with Crippen molar-refractivity contribution in [3.63, 3.8) is 0 Å². The summed E-state index contributed by atoms with van der Waals surface area (Å²) in [5, 5.41) is 0.650. The number of hydrogen-bond acceptors (Lipinski definition) is 2. The maximum absolute atomic E-state index is 6.13. The summed E-state index contributed by atoms with van der Waals surface area (Å²) in [6, 6.07) is 5.88. The Bertz CT molecular complexity index is 328. The van der Waals surface area contributed by atoms with E-state index in [1.165, 1.54) is 0 Å². The van der Waals surface area contributed by atoms with Crippen LogP contribution in [0.2, 0.25) is 5.02 Å². The van der Waals surface area contributed by atoms with Crippen molar-refractivity contribution in [2.24, 2.45) is 5.73 Å². The predicted octanol–water partition coefficient (Wildman–Crippen LogP) is 3.93. The molecular weight excluding hydrogens is 222 g/mol. The second-order valence-electron chi connectivity index (χ2n) is 3.93. The smallest absolute Gasteiger partial charge is 0.137 e. The minimum Gasteiger partial charge on any atom is -0.492 e. The van der Waals surface area contributed by atoms with Crippen LogP contribution in [0.5, 0.6) is 5.75 Å². The average Bonchev–Trinajstić information content (AvgIpc) is 2.27. The van der Waals surface area contributed by atoms with E-state index in [-0.39, 0.29) is 6.04 Å². The van der Waals surface area contributed by atoms with Crippen molar-refractivity contribution in [2.75, 3.05) is 6.61 Å². The van der Waals surface area contributed by atoms with E-state index in [4.69, 9.17) is 22.1 Å². The molecule has 1 atom stereocenters. The van der Waals surface area contributed by atoms with Gasteiger partial charge in [-0.2, -0.15) is 0 Å². The highest BCUT2D eigenvalue weighted by atomic mass is 35.5. The van der Waals surface area contributed by atoms with Crippen LogP contribution in [0.25, 0.3) is 0 Å². The van der Waals surface area contributed by atoms with Crippen molar-refractivity contribution in [1.82, 2.24) is 0 Å². The quantitative estimate of drug-likeness (QED) is 0.819. The first-order chi connectivity index (χ1) is 7.69. The molecule has 1 rings (SSSR count). The molecule has 0 heterocycles. The molecule has 0 saturated carbocycles. The van der Waals surface area contributed by atoms with Gasteiger partial charge in [0.1, 0.15) is 5.75 Å². The fourth-order valence-corrected chi connectivity index (χ4v) is 1.80. The van der Waals surface area contributed by atoms with Gasteiger partial charge in [0.2, 0.25) is 0 Å². The minimum atomic E-state index is 0.0720. The topological polar surface area (TPSA) is 35.2 Å². The lowest BCUT2D eigenvalue weighted by Crippen LogP contribution is -2.09. The third kappa shape index (κ3) is 3.69. The lowest BCUT2D eigenvalue weighted by Gasteiger charge is -2.13. The van der Waals surface area contributed by atoms with Gasteiger partial charge in [-0.25, -0.2) is 0 Å². The lowest BCUT2D eigenvalue weighted by atomic mass is 10.0.